The minimum Gasteiger partial charge on any atom is -0.494 e. The lowest BCUT2D eigenvalue weighted by molar-refractivity contribution is -0.927. The van der Waals surface area contributed by atoms with E-state index in [9.17, 15) is 0 Å². The summed E-state index contributed by atoms with van der Waals surface area (Å²) in [5.74, 6) is 0.873. The number of quaternary nitrogens is 1. The Kier molecular flexibility index (Phi) is 6.72. The molecule has 4 nitrogen and oxygen atoms in total. The van der Waals surface area contributed by atoms with Crippen molar-refractivity contribution in [2.75, 3.05) is 31.7 Å². The molecule has 0 radical (unpaired) electrons. The molecule has 2 aromatic rings. The molecule has 2 N–H and O–H groups in total. The zero-order valence-electron chi connectivity index (χ0n) is 15.0. The van der Waals surface area contributed by atoms with E-state index in [1.54, 1.807) is 0 Å². The van der Waals surface area contributed by atoms with Crippen LogP contribution in [0.3, 0.4) is 0 Å². The molecule has 6 heteroatoms. The van der Waals surface area contributed by atoms with E-state index in [0.717, 1.165) is 54.3 Å². The molecule has 1 atom stereocenters. The Balaban J connectivity index is 1.56. The van der Waals surface area contributed by atoms with Crippen molar-refractivity contribution in [2.24, 2.45) is 0 Å². The van der Waals surface area contributed by atoms with E-state index < -0.39 is 0 Å². The van der Waals surface area contributed by atoms with Crippen molar-refractivity contribution in [2.45, 2.75) is 19.9 Å². The fourth-order valence-corrected chi connectivity index (χ4v) is 3.66. The van der Waals surface area contributed by atoms with Gasteiger partial charge in [0.25, 0.3) is 0 Å². The van der Waals surface area contributed by atoms with Crippen LogP contribution < -0.4 is 15.0 Å². The number of thiocarbonyl (C=S) groups is 1. The van der Waals surface area contributed by atoms with E-state index in [2.05, 4.69) is 16.3 Å². The van der Waals surface area contributed by atoms with Gasteiger partial charge in [-0.05, 0) is 49.5 Å². The second-order valence-electron chi connectivity index (χ2n) is 6.43. The van der Waals surface area contributed by atoms with Crippen LogP contribution in [0.2, 0.25) is 5.02 Å². The number of hydrogen-bond acceptors (Lipinski definition) is 2. The predicted molar refractivity (Wildman–Crippen MR) is 111 cm³/mol. The van der Waals surface area contributed by atoms with Gasteiger partial charge in [-0.25, -0.2) is 0 Å². The van der Waals surface area contributed by atoms with Crippen molar-refractivity contribution in [1.29, 1.82) is 0 Å². The minimum absolute atomic E-state index is 0.670. The van der Waals surface area contributed by atoms with Crippen molar-refractivity contribution in [3.05, 3.63) is 59.1 Å². The third kappa shape index (κ3) is 5.10. The second-order valence-corrected chi connectivity index (χ2v) is 7.22. The normalized spacial score (nSPS) is 17.0. The fourth-order valence-electron chi connectivity index (χ4n) is 3.18. The van der Waals surface area contributed by atoms with Gasteiger partial charge in [0.05, 0.1) is 13.2 Å². The van der Waals surface area contributed by atoms with Crippen molar-refractivity contribution < 1.29 is 9.64 Å². The third-order valence-corrected chi connectivity index (χ3v) is 5.20. The molecule has 1 fully saturated rings. The number of nitrogens with one attached hydrogen (secondary N) is 2. The molecule has 26 heavy (non-hydrogen) atoms. The fraction of sp³-hybridized carbons (Fsp3) is 0.350. The van der Waals surface area contributed by atoms with E-state index in [4.69, 9.17) is 28.6 Å². The highest BCUT2D eigenvalue weighted by Gasteiger charge is 2.23. The smallest absolute Gasteiger partial charge is 0.177 e. The molecule has 0 aliphatic carbocycles. The van der Waals surface area contributed by atoms with Gasteiger partial charge in [-0.1, -0.05) is 29.8 Å². The Morgan fingerprint density at radius 1 is 1.23 bits per heavy atom. The van der Waals surface area contributed by atoms with Gasteiger partial charge < -0.3 is 19.9 Å². The molecule has 1 aliphatic rings. The molecule has 1 saturated heterocycles. The zero-order chi connectivity index (χ0) is 18.4. The summed E-state index contributed by atoms with van der Waals surface area (Å²) in [6.07, 6.45) is 1.12. The summed E-state index contributed by atoms with van der Waals surface area (Å²) in [6.45, 7) is 6.57. The van der Waals surface area contributed by atoms with Gasteiger partial charge in [-0.15, -0.1) is 0 Å². The molecule has 2 aromatic carbocycles. The first-order valence-corrected chi connectivity index (χ1v) is 9.80. The lowest BCUT2D eigenvalue weighted by atomic mass is 10.2. The van der Waals surface area contributed by atoms with Crippen molar-refractivity contribution in [3.8, 4) is 5.75 Å². The van der Waals surface area contributed by atoms with Crippen LogP contribution in [0.5, 0.6) is 5.75 Å². The standard InChI is InChI=1S/C20H24ClN3OS/c1-2-25-18-10-8-17(9-11-18)22-20(26)24-13-5-12-23(15-24)14-16-6-3-4-7-19(16)21/h3-4,6-11H,2,5,12-15H2,1H3,(H,22,26)/p+1. The van der Waals surface area contributed by atoms with Crippen molar-refractivity contribution in [1.82, 2.24) is 4.90 Å². The maximum absolute atomic E-state index is 6.31. The van der Waals surface area contributed by atoms with Crippen LogP contribution in [0.4, 0.5) is 5.69 Å². The minimum atomic E-state index is 0.670. The maximum atomic E-state index is 6.31. The first-order chi connectivity index (χ1) is 12.7. The zero-order valence-corrected chi connectivity index (χ0v) is 16.6. The van der Waals surface area contributed by atoms with E-state index in [-0.39, 0.29) is 0 Å². The molecule has 1 aliphatic heterocycles. The van der Waals surface area contributed by atoms with Crippen molar-refractivity contribution in [3.63, 3.8) is 0 Å². The lowest BCUT2D eigenvalue weighted by Crippen LogP contribution is -3.13. The number of anilines is 1. The highest BCUT2D eigenvalue weighted by Crippen LogP contribution is 2.16. The van der Waals surface area contributed by atoms with Crippen LogP contribution in [-0.4, -0.2) is 36.4 Å². The summed E-state index contributed by atoms with van der Waals surface area (Å²) >= 11 is 11.9. The number of hydrogen-bond donors (Lipinski definition) is 2. The molecule has 1 unspecified atom stereocenters. The van der Waals surface area contributed by atoms with Gasteiger partial charge in [0.2, 0.25) is 0 Å². The largest absolute Gasteiger partial charge is 0.494 e. The van der Waals surface area contributed by atoms with Gasteiger partial charge in [-0.2, -0.15) is 0 Å². The first kappa shape index (κ1) is 19.0. The first-order valence-electron chi connectivity index (χ1n) is 9.01. The quantitative estimate of drug-likeness (QED) is 0.767. The summed E-state index contributed by atoms with van der Waals surface area (Å²) in [5.41, 5.74) is 2.17. The van der Waals surface area contributed by atoms with Crippen LogP contribution in [0.25, 0.3) is 0 Å². The Morgan fingerprint density at radius 2 is 2.00 bits per heavy atom. The maximum Gasteiger partial charge on any atom is 0.177 e. The average molecular weight is 391 g/mol. The summed E-state index contributed by atoms with van der Waals surface area (Å²) in [6, 6.07) is 16.0. The Labute approximate surface area is 165 Å². The van der Waals surface area contributed by atoms with Gasteiger partial charge in [0.1, 0.15) is 12.3 Å². The van der Waals surface area contributed by atoms with Crippen LogP contribution in [0.15, 0.2) is 48.5 Å². The number of ether oxygens (including phenoxy) is 1. The van der Waals surface area contributed by atoms with Gasteiger partial charge in [-0.3, -0.25) is 0 Å². The van der Waals surface area contributed by atoms with Crippen LogP contribution in [0, 0.1) is 0 Å². The number of nitrogens with zero attached hydrogens (tertiary/aromatic N) is 1. The summed E-state index contributed by atoms with van der Waals surface area (Å²) in [4.78, 5) is 3.71. The van der Waals surface area contributed by atoms with Crippen LogP contribution in [0.1, 0.15) is 18.9 Å². The predicted octanol–water partition coefficient (Wildman–Crippen LogP) is 3.18. The number of benzene rings is 2. The third-order valence-electron chi connectivity index (χ3n) is 4.47. The molecule has 138 valence electrons. The molecule has 0 spiro atoms. The average Bonchev–Trinajstić information content (AvgIpc) is 2.66. The van der Waals surface area contributed by atoms with E-state index in [0.29, 0.717) is 6.61 Å². The Bertz CT molecular complexity index is 738. The van der Waals surface area contributed by atoms with Crippen LogP contribution >= 0.6 is 23.8 Å². The summed E-state index contributed by atoms with van der Waals surface area (Å²) < 4.78 is 5.48. The summed E-state index contributed by atoms with van der Waals surface area (Å²) in [7, 11) is 0. The molecule has 0 aromatic heterocycles. The van der Waals surface area contributed by atoms with Gasteiger partial charge in [0.15, 0.2) is 11.8 Å². The van der Waals surface area contributed by atoms with E-state index in [1.165, 1.54) is 10.5 Å². The molecule has 3 rings (SSSR count). The SMILES string of the molecule is CCOc1ccc(NC(=S)N2CCC[NH+](Cc3ccccc3Cl)C2)cc1. The highest BCUT2D eigenvalue weighted by atomic mass is 35.5. The molecule has 0 bridgehead atoms. The van der Waals surface area contributed by atoms with Gasteiger partial charge in [0, 0.05) is 29.2 Å². The number of halogens is 1. The van der Waals surface area contributed by atoms with Crippen LogP contribution in [-0.2, 0) is 6.54 Å². The molecule has 0 amide bonds. The Morgan fingerprint density at radius 3 is 2.73 bits per heavy atom. The van der Waals surface area contributed by atoms with Gasteiger partial charge >= 0.3 is 0 Å². The van der Waals surface area contributed by atoms with Crippen molar-refractivity contribution >= 4 is 34.6 Å². The highest BCUT2D eigenvalue weighted by molar-refractivity contribution is 7.80. The topological polar surface area (TPSA) is 28.9 Å². The summed E-state index contributed by atoms with van der Waals surface area (Å²) in [5, 5.41) is 4.95. The monoisotopic (exact) mass is 390 g/mol. The lowest BCUT2D eigenvalue weighted by Gasteiger charge is -2.34. The van der Waals surface area contributed by atoms with E-state index >= 15 is 0 Å². The molecule has 1 heterocycles. The molecular formula is C20H25ClN3OS+. The Hall–Kier alpha value is -1.82. The molecule has 0 saturated carbocycles. The second kappa shape index (κ2) is 9.21. The molecular weight excluding hydrogens is 366 g/mol. The van der Waals surface area contributed by atoms with E-state index in [1.807, 2.05) is 49.4 Å². The number of rotatable bonds is 5.